The fraction of sp³-hybridized carbons (Fsp3) is 0.562. The fourth-order valence-corrected chi connectivity index (χ4v) is 3.58. The van der Waals surface area contributed by atoms with E-state index in [-0.39, 0.29) is 18.4 Å². The standard InChI is InChI=1S/C16H20O6/c1-8(17)11-6-16(22-9(11)2)5-4-10-12(16)7-21-15(19)13(10)14(18)20-3/h4-6,8,10,12-13,15,17,19H,2,7H2,1,3H3. The van der Waals surface area contributed by atoms with Gasteiger partial charge in [-0.05, 0) is 19.1 Å². The lowest BCUT2D eigenvalue weighted by molar-refractivity contribution is -0.213. The molecule has 2 aliphatic heterocycles. The molecule has 1 fully saturated rings. The van der Waals surface area contributed by atoms with E-state index in [9.17, 15) is 15.0 Å². The number of methoxy groups -OCH3 is 1. The van der Waals surface area contributed by atoms with Crippen molar-refractivity contribution in [1.29, 1.82) is 0 Å². The van der Waals surface area contributed by atoms with Crippen molar-refractivity contribution in [3.05, 3.63) is 36.1 Å². The maximum atomic E-state index is 12.0. The molecular weight excluding hydrogens is 288 g/mol. The van der Waals surface area contributed by atoms with Gasteiger partial charge >= 0.3 is 5.97 Å². The molecule has 6 atom stereocenters. The first-order valence-electron chi connectivity index (χ1n) is 7.25. The molecule has 1 spiro atoms. The summed E-state index contributed by atoms with van der Waals surface area (Å²) in [7, 11) is 1.28. The van der Waals surface area contributed by atoms with Gasteiger partial charge in [-0.15, -0.1) is 0 Å². The van der Waals surface area contributed by atoms with Crippen LogP contribution in [0.3, 0.4) is 0 Å². The Bertz CT molecular complexity index is 563. The molecule has 0 bridgehead atoms. The van der Waals surface area contributed by atoms with Crippen LogP contribution < -0.4 is 0 Å². The molecule has 22 heavy (non-hydrogen) atoms. The van der Waals surface area contributed by atoms with Gasteiger partial charge in [0.1, 0.15) is 11.7 Å². The third-order valence-electron chi connectivity index (χ3n) is 4.72. The van der Waals surface area contributed by atoms with Crippen molar-refractivity contribution in [2.75, 3.05) is 13.7 Å². The summed E-state index contributed by atoms with van der Waals surface area (Å²) in [5.41, 5.74) is -0.161. The van der Waals surface area contributed by atoms with Gasteiger partial charge in [0.15, 0.2) is 11.9 Å². The van der Waals surface area contributed by atoms with Crippen molar-refractivity contribution < 1.29 is 29.2 Å². The molecule has 3 aliphatic rings. The summed E-state index contributed by atoms with van der Waals surface area (Å²) in [6, 6.07) is 0. The molecule has 0 aromatic heterocycles. The van der Waals surface area contributed by atoms with Gasteiger partial charge in [0, 0.05) is 17.4 Å². The van der Waals surface area contributed by atoms with Gasteiger partial charge in [0.25, 0.3) is 0 Å². The highest BCUT2D eigenvalue weighted by Crippen LogP contribution is 2.50. The summed E-state index contributed by atoms with van der Waals surface area (Å²) < 4.78 is 16.0. The average molecular weight is 308 g/mol. The lowest BCUT2D eigenvalue weighted by atomic mass is 9.76. The molecule has 2 N–H and O–H groups in total. The second-order valence-corrected chi connectivity index (χ2v) is 5.97. The van der Waals surface area contributed by atoms with Crippen LogP contribution in [0.5, 0.6) is 0 Å². The van der Waals surface area contributed by atoms with E-state index in [0.717, 1.165) is 0 Å². The molecule has 1 aliphatic carbocycles. The van der Waals surface area contributed by atoms with Crippen molar-refractivity contribution >= 4 is 5.97 Å². The number of carbonyl (C=O) groups excluding carboxylic acids is 1. The van der Waals surface area contributed by atoms with Gasteiger partial charge < -0.3 is 24.4 Å². The van der Waals surface area contributed by atoms with E-state index >= 15 is 0 Å². The Morgan fingerprint density at radius 3 is 2.91 bits per heavy atom. The van der Waals surface area contributed by atoms with E-state index in [4.69, 9.17) is 14.2 Å². The average Bonchev–Trinajstić information content (AvgIpc) is 2.99. The molecule has 3 rings (SSSR count). The molecule has 6 nitrogen and oxygen atoms in total. The van der Waals surface area contributed by atoms with Gasteiger partial charge in [-0.25, -0.2) is 0 Å². The zero-order chi connectivity index (χ0) is 16.1. The first kappa shape index (κ1) is 15.3. The molecule has 0 radical (unpaired) electrons. The minimum Gasteiger partial charge on any atom is -0.479 e. The van der Waals surface area contributed by atoms with Crippen LogP contribution in [0.1, 0.15) is 6.92 Å². The third kappa shape index (κ3) is 2.10. The van der Waals surface area contributed by atoms with Crippen LogP contribution in [0.15, 0.2) is 36.1 Å². The number of hydrogen-bond acceptors (Lipinski definition) is 6. The van der Waals surface area contributed by atoms with Gasteiger partial charge in [-0.3, -0.25) is 4.79 Å². The van der Waals surface area contributed by atoms with E-state index in [1.807, 2.05) is 18.2 Å². The largest absolute Gasteiger partial charge is 0.479 e. The SMILES string of the molecule is C=C1OC2(C=CC3C(C(=O)OC)C(O)OCC32)C=C1C(C)O. The first-order chi connectivity index (χ1) is 10.4. The number of fused-ring (bicyclic) bond motifs is 2. The zero-order valence-corrected chi connectivity index (χ0v) is 12.6. The Labute approximate surface area is 128 Å². The van der Waals surface area contributed by atoms with Crippen molar-refractivity contribution in [2.24, 2.45) is 17.8 Å². The summed E-state index contributed by atoms with van der Waals surface area (Å²) in [6.07, 6.45) is 3.65. The normalized spacial score (nSPS) is 41.1. The zero-order valence-electron chi connectivity index (χ0n) is 12.6. The number of rotatable bonds is 2. The summed E-state index contributed by atoms with van der Waals surface area (Å²) >= 11 is 0. The van der Waals surface area contributed by atoms with Crippen LogP contribution in [0.4, 0.5) is 0 Å². The number of esters is 1. The van der Waals surface area contributed by atoms with Crippen molar-refractivity contribution in [3.63, 3.8) is 0 Å². The van der Waals surface area contributed by atoms with Crippen molar-refractivity contribution in [2.45, 2.75) is 24.9 Å². The van der Waals surface area contributed by atoms with E-state index in [1.165, 1.54) is 7.11 Å². The van der Waals surface area contributed by atoms with Gasteiger partial charge in [-0.2, -0.15) is 0 Å². The molecular formula is C16H20O6. The van der Waals surface area contributed by atoms with Crippen molar-refractivity contribution in [1.82, 2.24) is 0 Å². The monoisotopic (exact) mass is 308 g/mol. The molecule has 2 heterocycles. The Morgan fingerprint density at radius 1 is 1.59 bits per heavy atom. The minimum absolute atomic E-state index is 0.187. The molecule has 0 aromatic rings. The van der Waals surface area contributed by atoms with E-state index in [1.54, 1.807) is 6.92 Å². The highest BCUT2D eigenvalue weighted by atomic mass is 16.6. The van der Waals surface area contributed by atoms with Crippen LogP contribution >= 0.6 is 0 Å². The molecule has 1 saturated heterocycles. The third-order valence-corrected chi connectivity index (χ3v) is 4.72. The predicted octanol–water partition coefficient (Wildman–Crippen LogP) is 0.516. The summed E-state index contributed by atoms with van der Waals surface area (Å²) in [6.45, 7) is 5.72. The quantitative estimate of drug-likeness (QED) is 0.571. The van der Waals surface area contributed by atoms with Crippen LogP contribution in [-0.2, 0) is 19.0 Å². The van der Waals surface area contributed by atoms with E-state index in [0.29, 0.717) is 11.3 Å². The molecule has 0 saturated carbocycles. The Balaban J connectivity index is 1.93. The number of ether oxygens (including phenoxy) is 3. The lowest BCUT2D eigenvalue weighted by Gasteiger charge is -2.40. The number of allylic oxidation sites excluding steroid dienone is 1. The second-order valence-electron chi connectivity index (χ2n) is 5.97. The molecule has 0 aromatic carbocycles. The Hall–Kier alpha value is -1.63. The minimum atomic E-state index is -1.20. The Kier molecular flexibility index (Phi) is 3.63. The van der Waals surface area contributed by atoms with Gasteiger partial charge in [0.05, 0.1) is 19.8 Å². The van der Waals surface area contributed by atoms with Crippen LogP contribution in [0, 0.1) is 17.8 Å². The van der Waals surface area contributed by atoms with Crippen LogP contribution in [0.2, 0.25) is 0 Å². The number of hydrogen-bond donors (Lipinski definition) is 2. The number of aliphatic hydroxyl groups excluding tert-OH is 2. The smallest absolute Gasteiger partial charge is 0.314 e. The van der Waals surface area contributed by atoms with Crippen molar-refractivity contribution in [3.8, 4) is 0 Å². The van der Waals surface area contributed by atoms with Gasteiger partial charge in [0.2, 0.25) is 0 Å². The topological polar surface area (TPSA) is 85.2 Å². The summed E-state index contributed by atoms with van der Waals surface area (Å²) in [5.74, 6) is -1.33. The molecule has 0 amide bonds. The summed E-state index contributed by atoms with van der Waals surface area (Å²) in [4.78, 5) is 12.0. The van der Waals surface area contributed by atoms with Crippen LogP contribution in [0.25, 0.3) is 0 Å². The fourth-order valence-electron chi connectivity index (χ4n) is 3.58. The van der Waals surface area contributed by atoms with Gasteiger partial charge in [-0.1, -0.05) is 12.7 Å². The first-order valence-corrected chi connectivity index (χ1v) is 7.25. The number of aliphatic hydroxyl groups is 2. The highest BCUT2D eigenvalue weighted by Gasteiger charge is 2.56. The Morgan fingerprint density at radius 2 is 2.32 bits per heavy atom. The van der Waals surface area contributed by atoms with E-state index < -0.39 is 29.9 Å². The molecule has 6 unspecified atom stereocenters. The number of carbonyl (C=O) groups is 1. The summed E-state index contributed by atoms with van der Waals surface area (Å²) in [5, 5.41) is 19.8. The predicted molar refractivity (Wildman–Crippen MR) is 76.3 cm³/mol. The maximum absolute atomic E-state index is 12.0. The highest BCUT2D eigenvalue weighted by molar-refractivity contribution is 5.74. The van der Waals surface area contributed by atoms with E-state index in [2.05, 4.69) is 6.58 Å². The maximum Gasteiger partial charge on any atom is 0.314 e. The van der Waals surface area contributed by atoms with Crippen LogP contribution in [-0.4, -0.2) is 47.9 Å². The lowest BCUT2D eigenvalue weighted by Crippen LogP contribution is -2.50. The molecule has 120 valence electrons. The second kappa shape index (κ2) is 5.22. The molecule has 6 heteroatoms.